The molecule has 0 aromatic carbocycles. The zero-order valence-corrected chi connectivity index (χ0v) is 14.9. The van der Waals surface area contributed by atoms with Crippen molar-refractivity contribution < 1.29 is 43.1 Å². The lowest BCUT2D eigenvalue weighted by Crippen LogP contribution is -2.27. The lowest BCUT2D eigenvalue weighted by atomic mass is 10.4. The highest BCUT2D eigenvalue weighted by Gasteiger charge is 2.15. The molecule has 4 atom stereocenters. The summed E-state index contributed by atoms with van der Waals surface area (Å²) in [5.41, 5.74) is 0. The topological polar surface area (TPSA) is 110 Å². The third-order valence-corrected chi connectivity index (χ3v) is 2.58. The zero-order valence-electron chi connectivity index (χ0n) is 14.9. The van der Waals surface area contributed by atoms with E-state index in [1.165, 1.54) is 14.0 Å². The van der Waals surface area contributed by atoms with Crippen LogP contribution in [0.3, 0.4) is 0 Å². The first-order valence-corrected chi connectivity index (χ1v) is 7.70. The summed E-state index contributed by atoms with van der Waals surface area (Å²) >= 11 is 0. The molecule has 0 aliphatic heterocycles. The molecule has 0 heterocycles. The summed E-state index contributed by atoms with van der Waals surface area (Å²) < 4.78 is 29.6. The van der Waals surface area contributed by atoms with Crippen molar-refractivity contribution in [2.24, 2.45) is 0 Å². The van der Waals surface area contributed by atoms with Crippen LogP contribution in [0.15, 0.2) is 0 Å². The standard InChI is InChI=1S/C15H28O9/c1-10(16)6-21-14(17)23-12(3)7-20-8-13(4)24-15(18)22-9-11(2)19-5/h10-13,16H,6-9H2,1-5H3. The Morgan fingerprint density at radius 3 is 1.67 bits per heavy atom. The zero-order chi connectivity index (χ0) is 18.5. The van der Waals surface area contributed by atoms with E-state index in [1.54, 1.807) is 20.8 Å². The number of aliphatic hydroxyl groups is 1. The predicted molar refractivity (Wildman–Crippen MR) is 82.8 cm³/mol. The Bertz CT molecular complexity index is 359. The molecule has 142 valence electrons. The average molecular weight is 352 g/mol. The molecule has 0 rings (SSSR count). The fourth-order valence-corrected chi connectivity index (χ4v) is 1.31. The molecule has 4 unspecified atom stereocenters. The molecule has 9 nitrogen and oxygen atoms in total. The van der Waals surface area contributed by atoms with Gasteiger partial charge in [0.05, 0.1) is 25.4 Å². The highest BCUT2D eigenvalue weighted by molar-refractivity contribution is 5.60. The van der Waals surface area contributed by atoms with Gasteiger partial charge in [0.15, 0.2) is 0 Å². The molecular weight excluding hydrogens is 324 g/mol. The van der Waals surface area contributed by atoms with Gasteiger partial charge in [-0.2, -0.15) is 0 Å². The Morgan fingerprint density at radius 2 is 1.25 bits per heavy atom. The van der Waals surface area contributed by atoms with Gasteiger partial charge in [-0.15, -0.1) is 0 Å². The van der Waals surface area contributed by atoms with Gasteiger partial charge in [0.2, 0.25) is 0 Å². The maximum absolute atomic E-state index is 11.4. The second kappa shape index (κ2) is 12.8. The number of ether oxygens (including phenoxy) is 6. The van der Waals surface area contributed by atoms with Gasteiger partial charge in [0.1, 0.15) is 25.4 Å². The van der Waals surface area contributed by atoms with Gasteiger partial charge in [0.25, 0.3) is 0 Å². The quantitative estimate of drug-likeness (QED) is 0.553. The Kier molecular flexibility index (Phi) is 12.0. The second-order valence-corrected chi connectivity index (χ2v) is 5.41. The fourth-order valence-electron chi connectivity index (χ4n) is 1.31. The van der Waals surface area contributed by atoms with Crippen LogP contribution in [-0.4, -0.2) is 75.4 Å². The summed E-state index contributed by atoms with van der Waals surface area (Å²) in [6.07, 6.45) is -3.73. The molecule has 24 heavy (non-hydrogen) atoms. The van der Waals surface area contributed by atoms with Gasteiger partial charge in [-0.25, -0.2) is 9.59 Å². The third kappa shape index (κ3) is 12.9. The smallest absolute Gasteiger partial charge is 0.432 e. The van der Waals surface area contributed by atoms with E-state index < -0.39 is 30.6 Å². The summed E-state index contributed by atoms with van der Waals surface area (Å²) in [6, 6.07) is 0. The highest BCUT2D eigenvalue weighted by atomic mass is 16.7. The lowest BCUT2D eigenvalue weighted by Gasteiger charge is -2.17. The van der Waals surface area contributed by atoms with Crippen molar-refractivity contribution >= 4 is 12.3 Å². The van der Waals surface area contributed by atoms with Crippen molar-refractivity contribution in [2.45, 2.75) is 52.1 Å². The van der Waals surface area contributed by atoms with E-state index >= 15 is 0 Å². The Hall–Kier alpha value is -1.58. The van der Waals surface area contributed by atoms with Gasteiger partial charge in [-0.3, -0.25) is 0 Å². The van der Waals surface area contributed by atoms with Crippen LogP contribution in [0.25, 0.3) is 0 Å². The largest absolute Gasteiger partial charge is 0.508 e. The van der Waals surface area contributed by atoms with Crippen LogP contribution >= 0.6 is 0 Å². The number of carbonyl (C=O) groups excluding carboxylic acids is 2. The first-order valence-electron chi connectivity index (χ1n) is 7.70. The van der Waals surface area contributed by atoms with Crippen molar-refractivity contribution in [1.29, 1.82) is 0 Å². The van der Waals surface area contributed by atoms with Crippen LogP contribution in [0.2, 0.25) is 0 Å². The Morgan fingerprint density at radius 1 is 0.792 bits per heavy atom. The number of hydrogen-bond acceptors (Lipinski definition) is 9. The summed E-state index contributed by atoms with van der Waals surface area (Å²) in [5, 5.41) is 8.98. The molecule has 0 aliphatic rings. The summed E-state index contributed by atoms with van der Waals surface area (Å²) in [5.74, 6) is 0. The van der Waals surface area contributed by atoms with E-state index in [9.17, 15) is 9.59 Å². The Balaban J connectivity index is 3.77. The summed E-state index contributed by atoms with van der Waals surface area (Å²) in [6.45, 7) is 6.69. The minimum absolute atomic E-state index is 0.0996. The van der Waals surface area contributed by atoms with Gasteiger partial charge >= 0.3 is 12.3 Å². The minimum Gasteiger partial charge on any atom is -0.432 e. The number of aliphatic hydroxyl groups excluding tert-OH is 1. The summed E-state index contributed by atoms with van der Waals surface area (Å²) in [4.78, 5) is 22.6. The molecule has 0 spiro atoms. The molecule has 0 saturated carbocycles. The van der Waals surface area contributed by atoms with Crippen LogP contribution in [0, 0.1) is 0 Å². The molecule has 0 aliphatic carbocycles. The monoisotopic (exact) mass is 352 g/mol. The SMILES string of the molecule is COC(C)COC(=O)OC(C)COCC(C)OC(=O)OCC(C)O. The van der Waals surface area contributed by atoms with Crippen molar-refractivity contribution in [3.63, 3.8) is 0 Å². The van der Waals surface area contributed by atoms with Crippen LogP contribution in [0.4, 0.5) is 9.59 Å². The van der Waals surface area contributed by atoms with E-state index in [0.29, 0.717) is 0 Å². The van der Waals surface area contributed by atoms with Gasteiger partial charge < -0.3 is 33.5 Å². The Labute approximate surface area is 142 Å². The highest BCUT2D eigenvalue weighted by Crippen LogP contribution is 2.01. The summed E-state index contributed by atoms with van der Waals surface area (Å²) in [7, 11) is 1.51. The van der Waals surface area contributed by atoms with Crippen LogP contribution in [0.1, 0.15) is 27.7 Å². The molecule has 1 N–H and O–H groups in total. The molecule has 0 radical (unpaired) electrons. The molecule has 0 amide bonds. The number of methoxy groups -OCH3 is 1. The van der Waals surface area contributed by atoms with E-state index in [-0.39, 0.29) is 32.5 Å². The first-order chi connectivity index (χ1) is 11.2. The molecule has 0 fully saturated rings. The molecule has 0 aromatic rings. The van der Waals surface area contributed by atoms with Crippen molar-refractivity contribution in [3.05, 3.63) is 0 Å². The normalized spacial score (nSPS) is 15.8. The van der Waals surface area contributed by atoms with E-state index in [1.807, 2.05) is 0 Å². The molecule has 0 bridgehead atoms. The van der Waals surface area contributed by atoms with Gasteiger partial charge in [-0.05, 0) is 27.7 Å². The van der Waals surface area contributed by atoms with Crippen LogP contribution in [0.5, 0.6) is 0 Å². The van der Waals surface area contributed by atoms with Crippen molar-refractivity contribution in [3.8, 4) is 0 Å². The van der Waals surface area contributed by atoms with Crippen LogP contribution < -0.4 is 0 Å². The third-order valence-electron chi connectivity index (χ3n) is 2.58. The van der Waals surface area contributed by atoms with Crippen molar-refractivity contribution in [1.82, 2.24) is 0 Å². The number of hydrogen-bond donors (Lipinski definition) is 1. The number of rotatable bonds is 11. The number of carbonyl (C=O) groups is 2. The van der Waals surface area contributed by atoms with Gasteiger partial charge in [-0.1, -0.05) is 0 Å². The second-order valence-electron chi connectivity index (χ2n) is 5.41. The minimum atomic E-state index is -0.882. The van der Waals surface area contributed by atoms with E-state index in [2.05, 4.69) is 4.74 Å². The van der Waals surface area contributed by atoms with Gasteiger partial charge in [0, 0.05) is 7.11 Å². The fraction of sp³-hybridized carbons (Fsp3) is 0.867. The van der Waals surface area contributed by atoms with E-state index in [0.717, 1.165) is 0 Å². The maximum atomic E-state index is 11.4. The lowest BCUT2D eigenvalue weighted by molar-refractivity contribution is -0.0483. The van der Waals surface area contributed by atoms with Crippen molar-refractivity contribution in [2.75, 3.05) is 33.5 Å². The molecule has 0 aromatic heterocycles. The molecule has 9 heteroatoms. The maximum Gasteiger partial charge on any atom is 0.508 e. The molecular formula is C15H28O9. The first kappa shape index (κ1) is 22.4. The molecule has 0 saturated heterocycles. The van der Waals surface area contributed by atoms with E-state index in [4.69, 9.17) is 28.8 Å². The average Bonchev–Trinajstić information content (AvgIpc) is 2.50. The van der Waals surface area contributed by atoms with Crippen LogP contribution in [-0.2, 0) is 28.4 Å². The predicted octanol–water partition coefficient (Wildman–Crippen LogP) is 1.50.